The number of thioether (sulfide) groups is 1. The number of hydrogen-bond donors (Lipinski definition) is 0. The fourth-order valence-corrected chi connectivity index (χ4v) is 2.57. The first kappa shape index (κ1) is 10.8. The Morgan fingerprint density at radius 3 is 3.06 bits per heavy atom. The molecule has 1 amide bonds. The maximum absolute atomic E-state index is 11.7. The van der Waals surface area contributed by atoms with Gasteiger partial charge >= 0.3 is 6.09 Å². The number of ether oxygens (including phenoxy) is 1. The van der Waals surface area contributed by atoms with Gasteiger partial charge < -0.3 is 4.74 Å². The molecule has 0 spiro atoms. The highest BCUT2D eigenvalue weighted by molar-refractivity contribution is 8.00. The molecule has 2 rings (SSSR count). The lowest BCUT2D eigenvalue weighted by molar-refractivity contribution is 0.160. The standard InChI is InChI=1S/C11H10N2O2S/c1-2-15-11(14)13-8-5-3-4-6-9(8)16-10(13)7-12/h3-6,10H,2H2,1H3. The van der Waals surface area contributed by atoms with Crippen molar-refractivity contribution in [2.75, 3.05) is 11.5 Å². The lowest BCUT2D eigenvalue weighted by atomic mass is 10.3. The van der Waals surface area contributed by atoms with E-state index in [2.05, 4.69) is 6.07 Å². The van der Waals surface area contributed by atoms with Crippen molar-refractivity contribution in [2.24, 2.45) is 0 Å². The van der Waals surface area contributed by atoms with E-state index in [-0.39, 0.29) is 0 Å². The fraction of sp³-hybridized carbons (Fsp3) is 0.273. The van der Waals surface area contributed by atoms with Gasteiger partial charge in [-0.3, -0.25) is 4.90 Å². The molecule has 0 saturated heterocycles. The topological polar surface area (TPSA) is 53.3 Å². The van der Waals surface area contributed by atoms with Gasteiger partial charge in [-0.05, 0) is 19.1 Å². The summed E-state index contributed by atoms with van der Waals surface area (Å²) >= 11 is 1.36. The highest BCUT2D eigenvalue weighted by Crippen LogP contribution is 2.43. The number of fused-ring (bicyclic) bond motifs is 1. The summed E-state index contributed by atoms with van der Waals surface area (Å²) in [6.45, 7) is 2.05. The maximum atomic E-state index is 11.7. The smallest absolute Gasteiger partial charge is 0.416 e. The van der Waals surface area contributed by atoms with Crippen LogP contribution in [0.4, 0.5) is 10.5 Å². The molecule has 0 N–H and O–H groups in total. The number of rotatable bonds is 1. The molecule has 16 heavy (non-hydrogen) atoms. The van der Waals surface area contributed by atoms with Crippen LogP contribution in [0, 0.1) is 11.3 Å². The Labute approximate surface area is 97.8 Å². The zero-order valence-corrected chi connectivity index (χ0v) is 9.53. The van der Waals surface area contributed by atoms with Crippen LogP contribution in [0.15, 0.2) is 29.2 Å². The van der Waals surface area contributed by atoms with Gasteiger partial charge in [0.05, 0.1) is 18.4 Å². The number of carbonyl (C=O) groups is 1. The van der Waals surface area contributed by atoms with Crippen molar-refractivity contribution in [3.8, 4) is 6.07 Å². The molecular formula is C11H10N2O2S. The lowest BCUT2D eigenvalue weighted by Gasteiger charge is -2.18. The molecule has 1 heterocycles. The minimum atomic E-state index is -0.531. The molecule has 1 atom stereocenters. The first-order chi connectivity index (χ1) is 7.77. The van der Waals surface area contributed by atoms with E-state index in [0.29, 0.717) is 6.61 Å². The Kier molecular flexibility index (Phi) is 3.02. The molecule has 0 aromatic heterocycles. The van der Waals surface area contributed by atoms with Gasteiger partial charge in [-0.15, -0.1) is 0 Å². The third-order valence-corrected chi connectivity index (χ3v) is 3.31. The van der Waals surface area contributed by atoms with Gasteiger partial charge in [0.1, 0.15) is 0 Å². The zero-order valence-electron chi connectivity index (χ0n) is 8.71. The Hall–Kier alpha value is -1.67. The molecule has 1 aromatic carbocycles. The van der Waals surface area contributed by atoms with Crippen LogP contribution < -0.4 is 4.90 Å². The van der Waals surface area contributed by atoms with Crippen LogP contribution in [0.25, 0.3) is 0 Å². The minimum absolute atomic E-state index is 0.306. The molecule has 1 unspecified atom stereocenters. The van der Waals surface area contributed by atoms with E-state index in [4.69, 9.17) is 10.00 Å². The second kappa shape index (κ2) is 4.45. The van der Waals surface area contributed by atoms with Gasteiger partial charge in [0, 0.05) is 4.90 Å². The van der Waals surface area contributed by atoms with Crippen LogP contribution >= 0.6 is 11.8 Å². The molecule has 0 fully saturated rings. The van der Waals surface area contributed by atoms with Crippen molar-refractivity contribution in [3.05, 3.63) is 24.3 Å². The molecule has 4 nitrogen and oxygen atoms in total. The summed E-state index contributed by atoms with van der Waals surface area (Å²) in [6, 6.07) is 9.52. The number of benzene rings is 1. The summed E-state index contributed by atoms with van der Waals surface area (Å²) in [5.41, 5.74) is 0.748. The number of para-hydroxylation sites is 1. The van der Waals surface area contributed by atoms with Crippen molar-refractivity contribution in [1.82, 2.24) is 0 Å². The summed E-state index contributed by atoms with van der Waals surface area (Å²) < 4.78 is 4.94. The van der Waals surface area contributed by atoms with Crippen molar-refractivity contribution in [3.63, 3.8) is 0 Å². The van der Waals surface area contributed by atoms with Crippen LogP contribution in [-0.4, -0.2) is 18.1 Å². The number of hydrogen-bond acceptors (Lipinski definition) is 4. The van der Waals surface area contributed by atoms with Crippen LogP contribution in [0.1, 0.15) is 6.92 Å². The van der Waals surface area contributed by atoms with Gasteiger partial charge in [0.2, 0.25) is 0 Å². The van der Waals surface area contributed by atoms with Gasteiger partial charge in [-0.2, -0.15) is 5.26 Å². The predicted molar refractivity (Wildman–Crippen MR) is 61.2 cm³/mol. The number of carbonyl (C=O) groups excluding carboxylic acids is 1. The highest BCUT2D eigenvalue weighted by atomic mass is 32.2. The molecule has 0 radical (unpaired) electrons. The van der Waals surface area contributed by atoms with Crippen molar-refractivity contribution in [1.29, 1.82) is 5.26 Å². The van der Waals surface area contributed by atoms with Crippen LogP contribution in [-0.2, 0) is 4.74 Å². The predicted octanol–water partition coefficient (Wildman–Crippen LogP) is 2.60. The zero-order chi connectivity index (χ0) is 11.5. The van der Waals surface area contributed by atoms with Gasteiger partial charge in [0.15, 0.2) is 5.37 Å². The van der Waals surface area contributed by atoms with Gasteiger partial charge in [0.25, 0.3) is 0 Å². The SMILES string of the molecule is CCOC(=O)N1c2ccccc2SC1C#N. The molecule has 0 saturated carbocycles. The van der Waals surface area contributed by atoms with Crippen molar-refractivity contribution in [2.45, 2.75) is 17.2 Å². The van der Waals surface area contributed by atoms with Crippen LogP contribution in [0.2, 0.25) is 0 Å². The average molecular weight is 234 g/mol. The van der Waals surface area contributed by atoms with E-state index < -0.39 is 11.5 Å². The number of nitriles is 1. The molecule has 1 aliphatic rings. The number of nitrogens with zero attached hydrogens (tertiary/aromatic N) is 2. The molecule has 0 bridgehead atoms. The Balaban J connectivity index is 2.35. The second-order valence-electron chi connectivity index (χ2n) is 3.14. The molecule has 82 valence electrons. The summed E-state index contributed by atoms with van der Waals surface area (Å²) in [5, 5.41) is 8.47. The van der Waals surface area contributed by atoms with Crippen LogP contribution in [0.3, 0.4) is 0 Å². The van der Waals surface area contributed by atoms with Crippen molar-refractivity contribution < 1.29 is 9.53 Å². The van der Waals surface area contributed by atoms with E-state index in [9.17, 15) is 4.79 Å². The number of anilines is 1. The molecule has 0 aliphatic carbocycles. The number of amides is 1. The quantitative estimate of drug-likeness (QED) is 0.749. The largest absolute Gasteiger partial charge is 0.449 e. The third kappa shape index (κ3) is 1.72. The maximum Gasteiger partial charge on any atom is 0.416 e. The average Bonchev–Trinajstić information content (AvgIpc) is 2.67. The van der Waals surface area contributed by atoms with E-state index in [1.807, 2.05) is 24.3 Å². The first-order valence-electron chi connectivity index (χ1n) is 4.89. The molecular weight excluding hydrogens is 224 g/mol. The van der Waals surface area contributed by atoms with Crippen molar-refractivity contribution >= 4 is 23.5 Å². The van der Waals surface area contributed by atoms with E-state index in [1.54, 1.807) is 6.92 Å². The van der Waals surface area contributed by atoms with Gasteiger partial charge in [-0.1, -0.05) is 23.9 Å². The van der Waals surface area contributed by atoms with E-state index in [0.717, 1.165) is 10.6 Å². The summed E-state index contributed by atoms with van der Waals surface area (Å²) in [4.78, 5) is 14.0. The van der Waals surface area contributed by atoms with E-state index in [1.165, 1.54) is 16.7 Å². The fourth-order valence-electron chi connectivity index (χ4n) is 1.53. The normalized spacial score (nSPS) is 17.8. The Bertz CT molecular complexity index is 456. The van der Waals surface area contributed by atoms with Crippen LogP contribution in [0.5, 0.6) is 0 Å². The summed E-state index contributed by atoms with van der Waals surface area (Å²) in [6.07, 6.45) is -0.466. The monoisotopic (exact) mass is 234 g/mol. The summed E-state index contributed by atoms with van der Waals surface area (Å²) in [7, 11) is 0. The third-order valence-electron chi connectivity index (χ3n) is 2.17. The lowest BCUT2D eigenvalue weighted by Crippen LogP contribution is -2.35. The second-order valence-corrected chi connectivity index (χ2v) is 4.26. The molecule has 1 aliphatic heterocycles. The highest BCUT2D eigenvalue weighted by Gasteiger charge is 2.35. The Morgan fingerprint density at radius 1 is 1.62 bits per heavy atom. The van der Waals surface area contributed by atoms with Gasteiger partial charge in [-0.25, -0.2) is 4.79 Å². The first-order valence-corrected chi connectivity index (χ1v) is 5.77. The molecule has 5 heteroatoms. The van der Waals surface area contributed by atoms with E-state index >= 15 is 0 Å². The summed E-state index contributed by atoms with van der Waals surface area (Å²) in [5.74, 6) is 0. The molecule has 1 aromatic rings. The minimum Gasteiger partial charge on any atom is -0.449 e. The Morgan fingerprint density at radius 2 is 2.38 bits per heavy atom.